The van der Waals surface area contributed by atoms with Gasteiger partial charge in [-0.1, -0.05) is 37.3 Å². The highest BCUT2D eigenvalue weighted by molar-refractivity contribution is 7.14. The Morgan fingerprint density at radius 3 is 2.47 bits per heavy atom. The molecule has 1 aliphatic heterocycles. The van der Waals surface area contributed by atoms with Crippen LogP contribution in [-0.4, -0.2) is 27.7 Å². The number of imide groups is 1. The number of halogens is 1. The quantitative estimate of drug-likeness (QED) is 0.565. The smallest absolute Gasteiger partial charge is 0.319 e. The number of nitrogens with one attached hydrogen (secondary N) is 1. The van der Waals surface area contributed by atoms with Crippen molar-refractivity contribution in [1.82, 2.24) is 15.2 Å². The molecular weight excluding hydrogens is 431 g/mol. The lowest BCUT2D eigenvalue weighted by molar-refractivity contribution is -0.132. The zero-order valence-electron chi connectivity index (χ0n) is 17.5. The Hall–Kier alpha value is -3.59. The highest BCUT2D eigenvalue weighted by Crippen LogP contribution is 2.34. The number of hydrogen-bond acceptors (Lipinski definition) is 5. The molecule has 1 fully saturated rings. The van der Waals surface area contributed by atoms with E-state index >= 15 is 0 Å². The van der Waals surface area contributed by atoms with E-state index in [0.29, 0.717) is 28.5 Å². The van der Waals surface area contributed by atoms with Gasteiger partial charge in [0.25, 0.3) is 5.91 Å². The van der Waals surface area contributed by atoms with Crippen LogP contribution < -0.4 is 10.2 Å². The molecule has 164 valence electrons. The maximum atomic E-state index is 13.4. The molecule has 32 heavy (non-hydrogen) atoms. The van der Waals surface area contributed by atoms with E-state index in [1.807, 2.05) is 18.2 Å². The monoisotopic (exact) mass is 452 g/mol. The van der Waals surface area contributed by atoms with Crippen molar-refractivity contribution in [3.8, 4) is 0 Å². The Balaban J connectivity index is 1.59. The van der Waals surface area contributed by atoms with E-state index in [-0.39, 0.29) is 12.5 Å². The van der Waals surface area contributed by atoms with Gasteiger partial charge in [0.05, 0.1) is 17.9 Å². The number of anilines is 2. The summed E-state index contributed by atoms with van der Waals surface area (Å²) in [7, 11) is 0. The zero-order valence-corrected chi connectivity index (χ0v) is 18.4. The van der Waals surface area contributed by atoms with E-state index in [1.165, 1.54) is 47.4 Å². The second-order valence-corrected chi connectivity index (χ2v) is 8.24. The number of carbonyl (C=O) groups excluding carboxylic acids is 3. The molecule has 1 unspecified atom stereocenters. The predicted octanol–water partition coefficient (Wildman–Crippen LogP) is 4.32. The Morgan fingerprint density at radius 2 is 1.84 bits per heavy atom. The summed E-state index contributed by atoms with van der Waals surface area (Å²) in [5.74, 6) is -1.04. The molecule has 1 saturated heterocycles. The van der Waals surface area contributed by atoms with Crippen molar-refractivity contribution in [1.29, 1.82) is 0 Å². The van der Waals surface area contributed by atoms with Gasteiger partial charge in [-0.15, -0.1) is 11.3 Å². The molecule has 4 rings (SSSR count). The Labute approximate surface area is 188 Å². The third kappa shape index (κ3) is 3.75. The molecule has 2 heterocycles. The van der Waals surface area contributed by atoms with Crippen LogP contribution in [0, 0.1) is 5.82 Å². The summed E-state index contributed by atoms with van der Waals surface area (Å²) in [6.07, 6.45) is 0.314. The van der Waals surface area contributed by atoms with E-state index in [0.717, 1.165) is 4.90 Å². The number of benzene rings is 2. The number of aromatic nitrogens is 1. The highest BCUT2D eigenvalue weighted by atomic mass is 32.1. The van der Waals surface area contributed by atoms with Gasteiger partial charge >= 0.3 is 6.03 Å². The topological polar surface area (TPSA) is 82.6 Å². The first-order valence-electron chi connectivity index (χ1n) is 10.1. The van der Waals surface area contributed by atoms with Crippen LogP contribution in [0.3, 0.4) is 0 Å². The first kappa shape index (κ1) is 21.6. The van der Waals surface area contributed by atoms with E-state index in [1.54, 1.807) is 24.4 Å². The molecule has 4 amide bonds. The largest absolute Gasteiger partial charge is 0.325 e. The van der Waals surface area contributed by atoms with Crippen LogP contribution in [0.25, 0.3) is 0 Å². The number of rotatable bonds is 6. The lowest BCUT2D eigenvalue weighted by Gasteiger charge is -2.25. The maximum absolute atomic E-state index is 13.4. The molecular formula is C23H21FN4O3S. The van der Waals surface area contributed by atoms with Gasteiger partial charge in [-0.2, -0.15) is 0 Å². The van der Waals surface area contributed by atoms with Crippen LogP contribution in [0.1, 0.15) is 31.5 Å². The maximum Gasteiger partial charge on any atom is 0.325 e. The SMILES string of the molecule is CCC1(c2ccc(F)cc2)NC(=O)N(Cc2csc(N(C(C)=O)c3ccccc3)n2)C1=O. The van der Waals surface area contributed by atoms with Crippen LogP contribution in [-0.2, 0) is 21.7 Å². The summed E-state index contributed by atoms with van der Waals surface area (Å²) in [5, 5.41) is 4.94. The highest BCUT2D eigenvalue weighted by Gasteiger charge is 2.51. The number of amides is 4. The minimum atomic E-state index is -1.25. The fourth-order valence-corrected chi connectivity index (χ4v) is 4.66. The average molecular weight is 453 g/mol. The van der Waals surface area contributed by atoms with Gasteiger partial charge in [0.1, 0.15) is 11.4 Å². The van der Waals surface area contributed by atoms with E-state index in [9.17, 15) is 18.8 Å². The first-order chi connectivity index (χ1) is 15.4. The van der Waals surface area contributed by atoms with Gasteiger partial charge in [0.2, 0.25) is 5.91 Å². The Morgan fingerprint density at radius 1 is 1.16 bits per heavy atom. The third-order valence-corrected chi connectivity index (χ3v) is 6.30. The first-order valence-corrected chi connectivity index (χ1v) is 10.9. The van der Waals surface area contributed by atoms with Crippen molar-refractivity contribution in [2.24, 2.45) is 0 Å². The molecule has 7 nitrogen and oxygen atoms in total. The van der Waals surface area contributed by atoms with Crippen molar-refractivity contribution >= 4 is 40.0 Å². The number of para-hydroxylation sites is 1. The molecule has 3 aromatic rings. The van der Waals surface area contributed by atoms with Crippen LogP contribution in [0.2, 0.25) is 0 Å². The molecule has 0 aliphatic carbocycles. The summed E-state index contributed by atoms with van der Waals surface area (Å²) in [6, 6.07) is 14.1. The molecule has 1 atom stereocenters. The van der Waals surface area contributed by atoms with Crippen molar-refractivity contribution in [2.45, 2.75) is 32.4 Å². The number of thiazole rings is 1. The summed E-state index contributed by atoms with van der Waals surface area (Å²) in [5.41, 5.74) is 0.436. The lowest BCUT2D eigenvalue weighted by Crippen LogP contribution is -2.43. The van der Waals surface area contributed by atoms with E-state index < -0.39 is 23.3 Å². The summed E-state index contributed by atoms with van der Waals surface area (Å²) < 4.78 is 13.4. The number of carbonyl (C=O) groups is 3. The number of urea groups is 1. The van der Waals surface area contributed by atoms with Crippen LogP contribution >= 0.6 is 11.3 Å². The summed E-state index contributed by atoms with van der Waals surface area (Å²) in [6.45, 7) is 3.20. The van der Waals surface area contributed by atoms with E-state index in [2.05, 4.69) is 10.3 Å². The molecule has 0 spiro atoms. The van der Waals surface area contributed by atoms with Crippen molar-refractivity contribution < 1.29 is 18.8 Å². The standard InChI is InChI=1S/C23H21FN4O3S/c1-3-23(16-9-11-17(24)12-10-16)20(30)27(21(31)26-23)13-18-14-32-22(25-18)28(15(2)29)19-7-5-4-6-8-19/h4-12,14H,3,13H2,1-2H3,(H,26,31). The van der Waals surface area contributed by atoms with Gasteiger partial charge in [0.15, 0.2) is 5.13 Å². The molecule has 1 aromatic heterocycles. The van der Waals surface area contributed by atoms with Crippen molar-refractivity contribution in [3.63, 3.8) is 0 Å². The molecule has 2 aromatic carbocycles. The second-order valence-electron chi connectivity index (χ2n) is 7.40. The van der Waals surface area contributed by atoms with Crippen molar-refractivity contribution in [2.75, 3.05) is 4.90 Å². The fraction of sp³-hybridized carbons (Fsp3) is 0.217. The van der Waals surface area contributed by atoms with E-state index in [4.69, 9.17) is 0 Å². The van der Waals surface area contributed by atoms with Gasteiger partial charge in [-0.3, -0.25) is 19.4 Å². The van der Waals surface area contributed by atoms with Crippen LogP contribution in [0.15, 0.2) is 60.0 Å². The minimum absolute atomic E-state index is 0.0371. The fourth-order valence-electron chi connectivity index (χ4n) is 3.78. The minimum Gasteiger partial charge on any atom is -0.319 e. The van der Waals surface area contributed by atoms with Crippen LogP contribution in [0.5, 0.6) is 0 Å². The van der Waals surface area contributed by atoms with Crippen LogP contribution in [0.4, 0.5) is 20.0 Å². The number of nitrogens with zero attached hydrogens (tertiary/aromatic N) is 3. The molecule has 0 bridgehead atoms. The Bertz CT molecular complexity index is 1170. The summed E-state index contributed by atoms with van der Waals surface area (Å²) >= 11 is 1.25. The summed E-state index contributed by atoms with van der Waals surface area (Å²) in [4.78, 5) is 45.3. The lowest BCUT2D eigenvalue weighted by atomic mass is 9.87. The molecule has 0 saturated carbocycles. The molecule has 9 heteroatoms. The Kier molecular flexibility index (Phi) is 5.75. The molecule has 1 aliphatic rings. The predicted molar refractivity (Wildman–Crippen MR) is 119 cm³/mol. The van der Waals surface area contributed by atoms with Gasteiger partial charge in [0, 0.05) is 12.3 Å². The van der Waals surface area contributed by atoms with Gasteiger partial charge < -0.3 is 5.32 Å². The van der Waals surface area contributed by atoms with Gasteiger partial charge in [-0.25, -0.2) is 14.2 Å². The third-order valence-electron chi connectivity index (χ3n) is 5.42. The second kappa shape index (κ2) is 8.51. The average Bonchev–Trinajstić information content (AvgIpc) is 3.33. The van der Waals surface area contributed by atoms with Crippen molar-refractivity contribution in [3.05, 3.63) is 77.1 Å². The molecule has 0 radical (unpaired) electrons. The van der Waals surface area contributed by atoms with Gasteiger partial charge in [-0.05, 0) is 36.2 Å². The zero-order chi connectivity index (χ0) is 22.9. The number of hydrogen-bond donors (Lipinski definition) is 1. The normalized spacial score (nSPS) is 18.0. The molecule has 1 N–H and O–H groups in total.